The first-order valence-corrected chi connectivity index (χ1v) is 8.35. The molecule has 0 saturated carbocycles. The van der Waals surface area contributed by atoms with Crippen LogP contribution in [0.3, 0.4) is 0 Å². The number of benzene rings is 2. The number of halogens is 1. The van der Waals surface area contributed by atoms with Crippen LogP contribution in [0.15, 0.2) is 47.6 Å². The molecule has 2 aromatic carbocycles. The van der Waals surface area contributed by atoms with Crippen LogP contribution in [0.4, 0.5) is 0 Å². The van der Waals surface area contributed by atoms with Gasteiger partial charge in [0.1, 0.15) is 0 Å². The maximum Gasteiger partial charge on any atom is 0.271 e. The number of hydrogen-bond donors (Lipinski definition) is 1. The van der Waals surface area contributed by atoms with Gasteiger partial charge in [0.25, 0.3) is 5.91 Å². The van der Waals surface area contributed by atoms with Gasteiger partial charge in [0, 0.05) is 10.6 Å². The third kappa shape index (κ3) is 5.50. The van der Waals surface area contributed by atoms with Crippen molar-refractivity contribution in [3.8, 4) is 11.5 Å². The van der Waals surface area contributed by atoms with Crippen LogP contribution in [0, 0.1) is 0 Å². The second-order valence-corrected chi connectivity index (χ2v) is 5.89. The molecule has 1 atom stereocenters. The molecule has 0 aliphatic heterocycles. The minimum absolute atomic E-state index is 0.104. The molecule has 132 valence electrons. The summed E-state index contributed by atoms with van der Waals surface area (Å²) in [7, 11) is 1.59. The van der Waals surface area contributed by atoms with Crippen molar-refractivity contribution in [2.75, 3.05) is 7.11 Å². The van der Waals surface area contributed by atoms with E-state index in [0.717, 1.165) is 12.0 Å². The fourth-order valence-electron chi connectivity index (χ4n) is 1.99. The Hall–Kier alpha value is -2.53. The molecule has 2 aromatic rings. The number of amides is 1. The van der Waals surface area contributed by atoms with Crippen LogP contribution < -0.4 is 14.9 Å². The SMILES string of the molecule is CC[C@@H](C)Oc1ccc(/C=N\NC(=O)c2ccc(Cl)cc2)cc1OC. The van der Waals surface area contributed by atoms with E-state index in [9.17, 15) is 4.79 Å². The zero-order valence-electron chi connectivity index (χ0n) is 14.5. The summed E-state index contributed by atoms with van der Waals surface area (Å²) in [6.45, 7) is 4.06. The maximum atomic E-state index is 12.0. The van der Waals surface area contributed by atoms with Gasteiger partial charge in [-0.25, -0.2) is 5.43 Å². The quantitative estimate of drug-likeness (QED) is 0.592. The van der Waals surface area contributed by atoms with Gasteiger partial charge >= 0.3 is 0 Å². The number of rotatable bonds is 7. The van der Waals surface area contributed by atoms with Gasteiger partial charge in [0.05, 0.1) is 19.4 Å². The Kier molecular flexibility index (Phi) is 6.83. The molecule has 6 heteroatoms. The van der Waals surface area contributed by atoms with Crippen LogP contribution in [0.5, 0.6) is 11.5 Å². The lowest BCUT2D eigenvalue weighted by atomic mass is 10.2. The van der Waals surface area contributed by atoms with Crippen LogP contribution in [-0.2, 0) is 0 Å². The number of nitrogens with one attached hydrogen (secondary N) is 1. The average molecular weight is 361 g/mol. The molecule has 0 bridgehead atoms. The lowest BCUT2D eigenvalue weighted by Crippen LogP contribution is -2.17. The van der Waals surface area contributed by atoms with Gasteiger partial charge in [-0.2, -0.15) is 5.10 Å². The van der Waals surface area contributed by atoms with Gasteiger partial charge in [-0.3, -0.25) is 4.79 Å². The zero-order chi connectivity index (χ0) is 18.2. The number of hydrazone groups is 1. The van der Waals surface area contributed by atoms with Crippen molar-refractivity contribution in [2.24, 2.45) is 5.10 Å². The Bertz CT molecular complexity index is 745. The fraction of sp³-hybridized carbons (Fsp3) is 0.263. The summed E-state index contributed by atoms with van der Waals surface area (Å²) in [6.07, 6.45) is 2.55. The first-order valence-electron chi connectivity index (χ1n) is 7.97. The largest absolute Gasteiger partial charge is 0.493 e. The number of carbonyl (C=O) groups is 1. The van der Waals surface area contributed by atoms with E-state index >= 15 is 0 Å². The summed E-state index contributed by atoms with van der Waals surface area (Å²) in [4.78, 5) is 12.0. The van der Waals surface area contributed by atoms with E-state index in [1.54, 1.807) is 43.7 Å². The number of methoxy groups -OCH3 is 1. The second-order valence-electron chi connectivity index (χ2n) is 5.45. The van der Waals surface area contributed by atoms with Crippen LogP contribution in [0.25, 0.3) is 0 Å². The lowest BCUT2D eigenvalue weighted by molar-refractivity contribution is 0.0955. The molecule has 0 aliphatic rings. The van der Waals surface area contributed by atoms with E-state index in [2.05, 4.69) is 17.5 Å². The van der Waals surface area contributed by atoms with E-state index in [1.807, 2.05) is 19.1 Å². The molecule has 0 heterocycles. The van der Waals surface area contributed by atoms with Crippen molar-refractivity contribution in [3.05, 3.63) is 58.6 Å². The molecule has 0 spiro atoms. The predicted molar refractivity (Wildman–Crippen MR) is 99.9 cm³/mol. The molecule has 0 unspecified atom stereocenters. The topological polar surface area (TPSA) is 59.9 Å². The standard InChI is InChI=1S/C19H21ClN2O3/c1-4-13(2)25-17-10-5-14(11-18(17)24-3)12-21-22-19(23)15-6-8-16(20)9-7-15/h5-13H,4H2,1-3H3,(H,22,23)/b21-12-/t13-/m1/s1. The van der Waals surface area contributed by atoms with Gasteiger partial charge in [-0.1, -0.05) is 18.5 Å². The number of ether oxygens (including phenoxy) is 2. The van der Waals surface area contributed by atoms with E-state index in [1.165, 1.54) is 0 Å². The van der Waals surface area contributed by atoms with E-state index in [4.69, 9.17) is 21.1 Å². The Morgan fingerprint density at radius 1 is 1.24 bits per heavy atom. The molecule has 2 rings (SSSR count). The van der Waals surface area contributed by atoms with E-state index in [-0.39, 0.29) is 12.0 Å². The molecule has 25 heavy (non-hydrogen) atoms. The van der Waals surface area contributed by atoms with Crippen LogP contribution in [0.2, 0.25) is 5.02 Å². The van der Waals surface area contributed by atoms with E-state index < -0.39 is 0 Å². The molecular weight excluding hydrogens is 340 g/mol. The number of carbonyl (C=O) groups excluding carboxylic acids is 1. The first kappa shape index (κ1) is 18.8. The molecule has 1 N–H and O–H groups in total. The number of nitrogens with zero attached hydrogens (tertiary/aromatic N) is 1. The minimum Gasteiger partial charge on any atom is -0.493 e. The summed E-state index contributed by atoms with van der Waals surface area (Å²) in [5.41, 5.74) is 3.74. The summed E-state index contributed by atoms with van der Waals surface area (Å²) < 4.78 is 11.2. The molecule has 0 aromatic heterocycles. The molecular formula is C19H21ClN2O3. The van der Waals surface area contributed by atoms with Gasteiger partial charge in [0.15, 0.2) is 11.5 Å². The third-order valence-electron chi connectivity index (χ3n) is 3.58. The van der Waals surface area contributed by atoms with Crippen molar-refractivity contribution >= 4 is 23.7 Å². The monoisotopic (exact) mass is 360 g/mol. The highest BCUT2D eigenvalue weighted by Crippen LogP contribution is 2.28. The van der Waals surface area contributed by atoms with Crippen LogP contribution in [-0.4, -0.2) is 25.3 Å². The molecule has 0 saturated heterocycles. The van der Waals surface area contributed by atoms with Crippen LogP contribution in [0.1, 0.15) is 36.2 Å². The van der Waals surface area contributed by atoms with E-state index in [0.29, 0.717) is 22.1 Å². The Morgan fingerprint density at radius 2 is 1.96 bits per heavy atom. The minimum atomic E-state index is -0.309. The van der Waals surface area contributed by atoms with Crippen molar-refractivity contribution in [3.63, 3.8) is 0 Å². The zero-order valence-corrected chi connectivity index (χ0v) is 15.2. The van der Waals surface area contributed by atoms with Crippen molar-refractivity contribution in [1.82, 2.24) is 5.43 Å². The smallest absolute Gasteiger partial charge is 0.271 e. The molecule has 0 fully saturated rings. The van der Waals surface area contributed by atoms with Gasteiger partial charge in [-0.15, -0.1) is 0 Å². The van der Waals surface area contributed by atoms with Gasteiger partial charge in [0.2, 0.25) is 0 Å². The molecule has 1 amide bonds. The Morgan fingerprint density at radius 3 is 2.60 bits per heavy atom. The predicted octanol–water partition coefficient (Wildman–Crippen LogP) is 4.29. The van der Waals surface area contributed by atoms with Crippen LogP contribution >= 0.6 is 11.6 Å². The van der Waals surface area contributed by atoms with Crippen molar-refractivity contribution in [2.45, 2.75) is 26.4 Å². The highest BCUT2D eigenvalue weighted by molar-refractivity contribution is 6.30. The number of hydrogen-bond acceptors (Lipinski definition) is 4. The van der Waals surface area contributed by atoms with Gasteiger partial charge in [-0.05, 0) is 61.4 Å². The van der Waals surface area contributed by atoms with Gasteiger partial charge < -0.3 is 9.47 Å². The Labute approximate surface area is 152 Å². The van der Waals surface area contributed by atoms with Crippen molar-refractivity contribution in [1.29, 1.82) is 0 Å². The molecule has 5 nitrogen and oxygen atoms in total. The Balaban J connectivity index is 2.02. The first-order chi connectivity index (χ1) is 12.0. The normalized spacial score (nSPS) is 12.0. The summed E-state index contributed by atoms with van der Waals surface area (Å²) >= 11 is 5.80. The summed E-state index contributed by atoms with van der Waals surface area (Å²) in [5, 5.41) is 4.54. The summed E-state index contributed by atoms with van der Waals surface area (Å²) in [6, 6.07) is 12.1. The summed E-state index contributed by atoms with van der Waals surface area (Å²) in [5.74, 6) is 0.990. The second kappa shape index (κ2) is 9.08. The maximum absolute atomic E-state index is 12.0. The lowest BCUT2D eigenvalue weighted by Gasteiger charge is -2.15. The highest BCUT2D eigenvalue weighted by atomic mass is 35.5. The fourth-order valence-corrected chi connectivity index (χ4v) is 2.12. The third-order valence-corrected chi connectivity index (χ3v) is 3.83. The van der Waals surface area contributed by atoms with Crippen molar-refractivity contribution < 1.29 is 14.3 Å². The highest BCUT2D eigenvalue weighted by Gasteiger charge is 2.08. The average Bonchev–Trinajstić information content (AvgIpc) is 2.63. The molecule has 0 aliphatic carbocycles. The molecule has 0 radical (unpaired) electrons.